The molecule has 1 heterocycles. The molecular formula is C8H16N4O. The van der Waals surface area contributed by atoms with Crippen LogP contribution < -0.4 is 0 Å². The van der Waals surface area contributed by atoms with E-state index in [2.05, 4.69) is 14.9 Å². The van der Waals surface area contributed by atoms with Gasteiger partial charge in [-0.05, 0) is 24.9 Å². The standard InChI is InChI=1S/C8H16N4O/c1-13-7-8-3-2-5-12(8)6-4-10-11-9/h8H,2-7H2,1H3/t8-/m0/s1. The Balaban J connectivity index is 2.26. The van der Waals surface area contributed by atoms with Gasteiger partial charge >= 0.3 is 0 Å². The lowest BCUT2D eigenvalue weighted by atomic mass is 10.2. The van der Waals surface area contributed by atoms with Gasteiger partial charge in [0.2, 0.25) is 0 Å². The Hall–Kier alpha value is -0.770. The van der Waals surface area contributed by atoms with E-state index in [-0.39, 0.29) is 0 Å². The molecule has 0 aromatic carbocycles. The fourth-order valence-corrected chi connectivity index (χ4v) is 1.79. The van der Waals surface area contributed by atoms with E-state index in [0.717, 1.165) is 19.7 Å². The van der Waals surface area contributed by atoms with E-state index in [4.69, 9.17) is 10.3 Å². The molecule has 1 aliphatic rings. The van der Waals surface area contributed by atoms with Gasteiger partial charge in [0, 0.05) is 31.2 Å². The third-order valence-corrected chi connectivity index (χ3v) is 2.41. The van der Waals surface area contributed by atoms with Crippen molar-refractivity contribution in [2.45, 2.75) is 18.9 Å². The van der Waals surface area contributed by atoms with E-state index in [9.17, 15) is 0 Å². The molecule has 1 fully saturated rings. The Morgan fingerprint density at radius 2 is 2.54 bits per heavy atom. The molecule has 0 bridgehead atoms. The van der Waals surface area contributed by atoms with Crippen LogP contribution in [0.3, 0.4) is 0 Å². The first kappa shape index (κ1) is 10.3. The van der Waals surface area contributed by atoms with Crippen molar-refractivity contribution in [3.8, 4) is 0 Å². The molecule has 1 rings (SSSR count). The van der Waals surface area contributed by atoms with Gasteiger partial charge in [0.1, 0.15) is 0 Å². The number of azide groups is 1. The van der Waals surface area contributed by atoms with Crippen LogP contribution in [0.15, 0.2) is 5.11 Å². The zero-order chi connectivity index (χ0) is 9.52. The first-order valence-corrected chi connectivity index (χ1v) is 4.62. The number of hydrogen-bond donors (Lipinski definition) is 0. The second-order valence-electron chi connectivity index (χ2n) is 3.24. The lowest BCUT2D eigenvalue weighted by Gasteiger charge is -2.22. The van der Waals surface area contributed by atoms with Crippen LogP contribution in [-0.2, 0) is 4.74 Å². The second kappa shape index (κ2) is 5.80. The highest BCUT2D eigenvalue weighted by Gasteiger charge is 2.23. The van der Waals surface area contributed by atoms with E-state index in [1.54, 1.807) is 7.11 Å². The highest BCUT2D eigenvalue weighted by molar-refractivity contribution is 4.79. The summed E-state index contributed by atoms with van der Waals surface area (Å²) in [5.74, 6) is 0. The topological polar surface area (TPSA) is 61.2 Å². The molecule has 1 saturated heterocycles. The molecule has 0 aliphatic carbocycles. The van der Waals surface area contributed by atoms with Crippen molar-refractivity contribution in [3.05, 3.63) is 10.4 Å². The number of hydrogen-bond acceptors (Lipinski definition) is 3. The van der Waals surface area contributed by atoms with Crippen molar-refractivity contribution in [1.82, 2.24) is 4.90 Å². The third kappa shape index (κ3) is 3.22. The Bertz CT molecular complexity index is 191. The van der Waals surface area contributed by atoms with Crippen LogP contribution in [0.5, 0.6) is 0 Å². The average molecular weight is 184 g/mol. The largest absolute Gasteiger partial charge is 0.383 e. The van der Waals surface area contributed by atoms with Crippen molar-refractivity contribution in [3.63, 3.8) is 0 Å². The summed E-state index contributed by atoms with van der Waals surface area (Å²) in [6.07, 6.45) is 2.43. The number of rotatable bonds is 5. The van der Waals surface area contributed by atoms with Crippen molar-refractivity contribution < 1.29 is 4.74 Å². The summed E-state index contributed by atoms with van der Waals surface area (Å²) in [7, 11) is 1.73. The normalized spacial score (nSPS) is 23.0. The van der Waals surface area contributed by atoms with E-state index in [0.29, 0.717) is 12.6 Å². The van der Waals surface area contributed by atoms with Gasteiger partial charge in [-0.25, -0.2) is 0 Å². The average Bonchev–Trinajstić information content (AvgIpc) is 2.54. The predicted molar refractivity (Wildman–Crippen MR) is 50.5 cm³/mol. The van der Waals surface area contributed by atoms with Gasteiger partial charge in [0.25, 0.3) is 0 Å². The summed E-state index contributed by atoms with van der Waals surface area (Å²) in [4.78, 5) is 5.07. The lowest BCUT2D eigenvalue weighted by Crippen LogP contribution is -2.34. The van der Waals surface area contributed by atoms with Crippen LogP contribution in [-0.4, -0.2) is 44.3 Å². The Labute approximate surface area is 78.3 Å². The highest BCUT2D eigenvalue weighted by atomic mass is 16.5. The van der Waals surface area contributed by atoms with Crippen LogP contribution in [0, 0.1) is 0 Å². The molecule has 0 unspecified atom stereocenters. The summed E-state index contributed by atoms with van der Waals surface area (Å²) >= 11 is 0. The highest BCUT2D eigenvalue weighted by Crippen LogP contribution is 2.16. The van der Waals surface area contributed by atoms with E-state index < -0.39 is 0 Å². The van der Waals surface area contributed by atoms with Crippen LogP contribution >= 0.6 is 0 Å². The number of likely N-dealkylation sites (tertiary alicyclic amines) is 1. The van der Waals surface area contributed by atoms with E-state index in [1.165, 1.54) is 12.8 Å². The minimum atomic E-state index is 0.527. The molecule has 0 spiro atoms. The molecule has 0 saturated carbocycles. The summed E-state index contributed by atoms with van der Waals surface area (Å²) in [6.45, 7) is 3.32. The molecule has 0 radical (unpaired) electrons. The molecule has 13 heavy (non-hydrogen) atoms. The van der Waals surface area contributed by atoms with Crippen molar-refractivity contribution in [1.29, 1.82) is 0 Å². The van der Waals surface area contributed by atoms with Crippen LogP contribution in [0.1, 0.15) is 12.8 Å². The quantitative estimate of drug-likeness (QED) is 0.368. The van der Waals surface area contributed by atoms with Gasteiger partial charge in [0.05, 0.1) is 6.61 Å². The van der Waals surface area contributed by atoms with Crippen molar-refractivity contribution >= 4 is 0 Å². The van der Waals surface area contributed by atoms with Gasteiger partial charge in [-0.3, -0.25) is 4.90 Å². The predicted octanol–water partition coefficient (Wildman–Crippen LogP) is 1.41. The molecule has 1 atom stereocenters. The van der Waals surface area contributed by atoms with Gasteiger partial charge in [-0.1, -0.05) is 5.11 Å². The smallest absolute Gasteiger partial charge is 0.0618 e. The maximum atomic E-state index is 8.12. The molecule has 5 heteroatoms. The van der Waals surface area contributed by atoms with Gasteiger partial charge in [0.15, 0.2) is 0 Å². The number of nitrogens with zero attached hydrogens (tertiary/aromatic N) is 4. The molecule has 0 N–H and O–H groups in total. The SMILES string of the molecule is COC[C@@H]1CCCN1CCN=[N+]=[N-]. The molecular weight excluding hydrogens is 168 g/mol. The zero-order valence-corrected chi connectivity index (χ0v) is 8.02. The molecule has 5 nitrogen and oxygen atoms in total. The summed E-state index contributed by atoms with van der Waals surface area (Å²) in [5, 5.41) is 3.53. The monoisotopic (exact) mass is 184 g/mol. The number of methoxy groups -OCH3 is 1. The molecule has 0 amide bonds. The second-order valence-corrected chi connectivity index (χ2v) is 3.24. The molecule has 0 aromatic heterocycles. The minimum Gasteiger partial charge on any atom is -0.383 e. The minimum absolute atomic E-state index is 0.527. The molecule has 0 aromatic rings. The number of ether oxygens (including phenoxy) is 1. The Kier molecular flexibility index (Phi) is 4.60. The van der Waals surface area contributed by atoms with Crippen molar-refractivity contribution in [2.24, 2.45) is 5.11 Å². The Morgan fingerprint density at radius 3 is 3.23 bits per heavy atom. The molecule has 74 valence electrons. The van der Waals surface area contributed by atoms with E-state index >= 15 is 0 Å². The maximum absolute atomic E-state index is 8.12. The van der Waals surface area contributed by atoms with Crippen molar-refractivity contribution in [2.75, 3.05) is 33.4 Å². The van der Waals surface area contributed by atoms with Gasteiger partial charge in [-0.2, -0.15) is 0 Å². The zero-order valence-electron chi connectivity index (χ0n) is 8.02. The van der Waals surface area contributed by atoms with Crippen LogP contribution in [0.2, 0.25) is 0 Å². The maximum Gasteiger partial charge on any atom is 0.0618 e. The molecule has 1 aliphatic heterocycles. The Morgan fingerprint density at radius 1 is 1.69 bits per heavy atom. The lowest BCUT2D eigenvalue weighted by molar-refractivity contribution is 0.117. The first-order valence-electron chi connectivity index (χ1n) is 4.62. The van der Waals surface area contributed by atoms with Crippen LogP contribution in [0.25, 0.3) is 10.4 Å². The third-order valence-electron chi connectivity index (χ3n) is 2.41. The fraction of sp³-hybridized carbons (Fsp3) is 1.00. The summed E-state index contributed by atoms with van der Waals surface area (Å²) in [5.41, 5.74) is 8.12. The summed E-state index contributed by atoms with van der Waals surface area (Å²) < 4.78 is 5.12. The van der Waals surface area contributed by atoms with Gasteiger partial charge in [-0.15, -0.1) is 0 Å². The summed E-state index contributed by atoms with van der Waals surface area (Å²) in [6, 6.07) is 0.527. The van der Waals surface area contributed by atoms with E-state index in [1.807, 2.05) is 0 Å². The fourth-order valence-electron chi connectivity index (χ4n) is 1.79. The van der Waals surface area contributed by atoms with Crippen LogP contribution in [0.4, 0.5) is 0 Å². The first-order chi connectivity index (χ1) is 6.38. The van der Waals surface area contributed by atoms with Gasteiger partial charge < -0.3 is 4.74 Å².